The molecule has 2 aromatic heterocycles. The molecule has 0 spiro atoms. The zero-order chi connectivity index (χ0) is 12.4. The van der Waals surface area contributed by atoms with Gasteiger partial charge in [-0.1, -0.05) is 0 Å². The highest BCUT2D eigenvalue weighted by atomic mass is 79.9. The van der Waals surface area contributed by atoms with Crippen LogP contribution in [0.15, 0.2) is 26.8 Å². The number of thiazole rings is 1. The van der Waals surface area contributed by atoms with E-state index < -0.39 is 0 Å². The summed E-state index contributed by atoms with van der Waals surface area (Å²) >= 11 is 4.78. The molecule has 4 nitrogen and oxygen atoms in total. The zero-order valence-electron chi connectivity index (χ0n) is 9.44. The molecule has 0 unspecified atom stereocenters. The summed E-state index contributed by atoms with van der Waals surface area (Å²) in [5.74, 6) is -0.0868. The third-order valence-corrected chi connectivity index (χ3v) is 3.70. The maximum absolute atomic E-state index is 12.0. The second kappa shape index (κ2) is 5.01. The summed E-state index contributed by atoms with van der Waals surface area (Å²) in [7, 11) is 1.75. The van der Waals surface area contributed by atoms with Gasteiger partial charge in [0, 0.05) is 12.4 Å². The zero-order valence-corrected chi connectivity index (χ0v) is 11.8. The van der Waals surface area contributed by atoms with Crippen LogP contribution in [0.1, 0.15) is 21.1 Å². The minimum Gasteiger partial charge on any atom is -0.457 e. The highest BCUT2D eigenvalue weighted by molar-refractivity contribution is 9.10. The molecule has 2 aromatic rings. The summed E-state index contributed by atoms with van der Waals surface area (Å²) in [5.41, 5.74) is 1.43. The Morgan fingerprint density at radius 2 is 2.41 bits per heavy atom. The topological polar surface area (TPSA) is 46.3 Å². The number of aromatic nitrogens is 1. The lowest BCUT2D eigenvalue weighted by Crippen LogP contribution is -2.26. The number of carbonyl (C=O) groups is 1. The summed E-state index contributed by atoms with van der Waals surface area (Å²) in [6.45, 7) is 2.45. The van der Waals surface area contributed by atoms with Crippen molar-refractivity contribution in [1.29, 1.82) is 0 Å². The van der Waals surface area contributed by atoms with Gasteiger partial charge in [0.05, 0.1) is 29.1 Å². The highest BCUT2D eigenvalue weighted by Gasteiger charge is 2.17. The van der Waals surface area contributed by atoms with Gasteiger partial charge in [-0.15, -0.1) is 11.3 Å². The average Bonchev–Trinajstić information content (AvgIpc) is 2.86. The summed E-state index contributed by atoms with van der Waals surface area (Å²) in [4.78, 5) is 18.0. The standard InChI is InChI=1S/C11H11BrN2O2S/c1-7-13-8(6-17-7)5-14(2)11(15)9-3-4-16-10(9)12/h3-4,6H,5H2,1-2H3. The molecule has 0 saturated heterocycles. The molecule has 0 atom stereocenters. The second-order valence-corrected chi connectivity index (χ2v) is 5.41. The number of furan rings is 1. The number of rotatable bonds is 3. The van der Waals surface area contributed by atoms with Crippen molar-refractivity contribution in [2.24, 2.45) is 0 Å². The summed E-state index contributed by atoms with van der Waals surface area (Å²) in [6.07, 6.45) is 1.48. The quantitative estimate of drug-likeness (QED) is 0.874. The first kappa shape index (κ1) is 12.3. The van der Waals surface area contributed by atoms with Gasteiger partial charge < -0.3 is 9.32 Å². The smallest absolute Gasteiger partial charge is 0.258 e. The van der Waals surface area contributed by atoms with Crippen molar-refractivity contribution >= 4 is 33.2 Å². The van der Waals surface area contributed by atoms with Crippen molar-refractivity contribution in [2.75, 3.05) is 7.05 Å². The first-order valence-electron chi connectivity index (χ1n) is 4.97. The van der Waals surface area contributed by atoms with E-state index >= 15 is 0 Å². The number of hydrogen-bond acceptors (Lipinski definition) is 4. The maximum atomic E-state index is 12.0. The van der Waals surface area contributed by atoms with E-state index in [1.807, 2.05) is 12.3 Å². The number of nitrogens with zero attached hydrogens (tertiary/aromatic N) is 2. The number of carbonyl (C=O) groups excluding carboxylic acids is 1. The molecular formula is C11H11BrN2O2S. The molecule has 0 N–H and O–H groups in total. The molecule has 17 heavy (non-hydrogen) atoms. The van der Waals surface area contributed by atoms with Gasteiger partial charge in [-0.2, -0.15) is 0 Å². The third kappa shape index (κ3) is 2.76. The van der Waals surface area contributed by atoms with Gasteiger partial charge in [-0.05, 0) is 28.9 Å². The van der Waals surface area contributed by atoms with Crippen LogP contribution in [0.5, 0.6) is 0 Å². The molecule has 2 rings (SSSR count). The predicted molar refractivity (Wildman–Crippen MR) is 69.1 cm³/mol. The molecule has 1 amide bonds. The van der Waals surface area contributed by atoms with Gasteiger partial charge in [0.2, 0.25) is 0 Å². The second-order valence-electron chi connectivity index (χ2n) is 3.63. The Bertz CT molecular complexity index is 535. The number of hydrogen-bond donors (Lipinski definition) is 0. The molecular weight excluding hydrogens is 304 g/mol. The molecule has 2 heterocycles. The molecule has 0 bridgehead atoms. The Labute approximate surface area is 111 Å². The van der Waals surface area contributed by atoms with Crippen molar-refractivity contribution < 1.29 is 9.21 Å². The summed E-state index contributed by atoms with van der Waals surface area (Å²) in [5, 5.41) is 2.97. The van der Waals surface area contributed by atoms with E-state index in [4.69, 9.17) is 4.42 Å². The summed E-state index contributed by atoms with van der Waals surface area (Å²) in [6, 6.07) is 1.65. The molecule has 0 aliphatic heterocycles. The molecule has 0 aliphatic rings. The normalized spacial score (nSPS) is 10.5. The minimum atomic E-state index is -0.0868. The Morgan fingerprint density at radius 1 is 1.65 bits per heavy atom. The lowest BCUT2D eigenvalue weighted by molar-refractivity contribution is 0.0781. The lowest BCUT2D eigenvalue weighted by atomic mass is 10.3. The van der Waals surface area contributed by atoms with Gasteiger partial charge >= 0.3 is 0 Å². The Morgan fingerprint density at radius 3 is 2.94 bits per heavy atom. The largest absolute Gasteiger partial charge is 0.457 e. The van der Waals surface area contributed by atoms with Crippen molar-refractivity contribution in [3.05, 3.63) is 38.6 Å². The van der Waals surface area contributed by atoms with Gasteiger partial charge in [0.1, 0.15) is 0 Å². The van der Waals surface area contributed by atoms with Gasteiger partial charge in [-0.3, -0.25) is 4.79 Å². The van der Waals surface area contributed by atoms with Gasteiger partial charge in [-0.25, -0.2) is 4.98 Å². The van der Waals surface area contributed by atoms with E-state index in [1.165, 1.54) is 6.26 Å². The molecule has 0 aromatic carbocycles. The molecule has 0 fully saturated rings. The fourth-order valence-electron chi connectivity index (χ4n) is 1.45. The summed E-state index contributed by atoms with van der Waals surface area (Å²) < 4.78 is 5.51. The van der Waals surface area contributed by atoms with Crippen LogP contribution in [0.2, 0.25) is 0 Å². The SMILES string of the molecule is Cc1nc(CN(C)C(=O)c2ccoc2Br)cs1. The van der Waals surface area contributed by atoms with Crippen LogP contribution in [0.3, 0.4) is 0 Å². The van der Waals surface area contributed by atoms with E-state index in [-0.39, 0.29) is 5.91 Å². The Balaban J connectivity index is 2.08. The fourth-order valence-corrected chi connectivity index (χ4v) is 2.46. The monoisotopic (exact) mass is 314 g/mol. The van der Waals surface area contributed by atoms with Crippen LogP contribution in [-0.4, -0.2) is 22.8 Å². The number of aryl methyl sites for hydroxylation is 1. The third-order valence-electron chi connectivity index (χ3n) is 2.26. The molecule has 90 valence electrons. The first-order valence-corrected chi connectivity index (χ1v) is 6.64. The van der Waals surface area contributed by atoms with Gasteiger partial charge in [0.25, 0.3) is 5.91 Å². The van der Waals surface area contributed by atoms with Crippen molar-refractivity contribution in [2.45, 2.75) is 13.5 Å². The van der Waals surface area contributed by atoms with E-state index in [0.717, 1.165) is 10.7 Å². The number of amides is 1. The van der Waals surface area contributed by atoms with E-state index in [2.05, 4.69) is 20.9 Å². The Kier molecular flexibility index (Phi) is 3.63. The fraction of sp³-hybridized carbons (Fsp3) is 0.273. The van der Waals surface area contributed by atoms with Crippen LogP contribution >= 0.6 is 27.3 Å². The first-order chi connectivity index (χ1) is 8.08. The van der Waals surface area contributed by atoms with Crippen LogP contribution in [0.4, 0.5) is 0 Å². The molecule has 0 radical (unpaired) electrons. The van der Waals surface area contributed by atoms with Crippen LogP contribution in [-0.2, 0) is 6.54 Å². The van der Waals surface area contributed by atoms with E-state index in [9.17, 15) is 4.79 Å². The molecule has 6 heteroatoms. The van der Waals surface area contributed by atoms with Gasteiger partial charge in [0.15, 0.2) is 4.67 Å². The maximum Gasteiger partial charge on any atom is 0.258 e. The minimum absolute atomic E-state index is 0.0868. The van der Waals surface area contributed by atoms with Crippen LogP contribution in [0.25, 0.3) is 0 Å². The average molecular weight is 315 g/mol. The predicted octanol–water partition coefficient (Wildman–Crippen LogP) is 3.08. The Hall–Kier alpha value is -1.14. The van der Waals surface area contributed by atoms with E-state index in [1.54, 1.807) is 29.4 Å². The highest BCUT2D eigenvalue weighted by Crippen LogP contribution is 2.20. The molecule has 0 aliphatic carbocycles. The van der Waals surface area contributed by atoms with E-state index in [0.29, 0.717) is 16.8 Å². The number of halogens is 1. The van der Waals surface area contributed by atoms with Crippen LogP contribution in [0, 0.1) is 6.92 Å². The van der Waals surface area contributed by atoms with Crippen molar-refractivity contribution in [1.82, 2.24) is 9.88 Å². The lowest BCUT2D eigenvalue weighted by Gasteiger charge is -2.14. The van der Waals surface area contributed by atoms with Crippen molar-refractivity contribution in [3.63, 3.8) is 0 Å². The molecule has 0 saturated carbocycles. The van der Waals surface area contributed by atoms with Crippen LogP contribution < -0.4 is 0 Å². The van der Waals surface area contributed by atoms with Crippen molar-refractivity contribution in [3.8, 4) is 0 Å².